The van der Waals surface area contributed by atoms with Crippen LogP contribution in [0.3, 0.4) is 0 Å². The molecule has 0 bridgehead atoms. The van der Waals surface area contributed by atoms with Gasteiger partial charge in [-0.05, 0) is 30.2 Å². The van der Waals surface area contributed by atoms with Crippen molar-refractivity contribution in [1.82, 2.24) is 5.32 Å². The van der Waals surface area contributed by atoms with E-state index in [4.69, 9.17) is 11.6 Å². The van der Waals surface area contributed by atoms with Gasteiger partial charge in [0.25, 0.3) is 0 Å². The van der Waals surface area contributed by atoms with E-state index in [9.17, 15) is 4.79 Å². The van der Waals surface area contributed by atoms with E-state index in [0.717, 1.165) is 11.1 Å². The first-order valence-electron chi connectivity index (χ1n) is 6.24. The maximum atomic E-state index is 12.0. The van der Waals surface area contributed by atoms with Crippen molar-refractivity contribution >= 4 is 17.5 Å². The van der Waals surface area contributed by atoms with E-state index in [2.05, 4.69) is 5.32 Å². The zero-order chi connectivity index (χ0) is 13.7. The summed E-state index contributed by atoms with van der Waals surface area (Å²) in [6, 6.07) is 17.3. The third-order valence-corrected chi connectivity index (χ3v) is 3.17. The van der Waals surface area contributed by atoms with Gasteiger partial charge in [0.1, 0.15) is 0 Å². The van der Waals surface area contributed by atoms with Crippen LogP contribution in [0.5, 0.6) is 0 Å². The van der Waals surface area contributed by atoms with Crippen LogP contribution in [0, 0.1) is 0 Å². The molecule has 0 saturated heterocycles. The Bertz CT molecular complexity index is 554. The van der Waals surface area contributed by atoms with Crippen LogP contribution >= 0.6 is 11.6 Å². The summed E-state index contributed by atoms with van der Waals surface area (Å²) in [6.45, 7) is 1.98. The molecule has 0 saturated carbocycles. The van der Waals surface area contributed by atoms with Crippen molar-refractivity contribution in [2.75, 3.05) is 0 Å². The summed E-state index contributed by atoms with van der Waals surface area (Å²) >= 11 is 5.90. The van der Waals surface area contributed by atoms with E-state index in [0.29, 0.717) is 11.4 Å². The zero-order valence-electron chi connectivity index (χ0n) is 10.8. The Labute approximate surface area is 118 Å². The van der Waals surface area contributed by atoms with E-state index < -0.39 is 0 Å². The normalized spacial score (nSPS) is 11.9. The highest BCUT2D eigenvalue weighted by molar-refractivity contribution is 6.30. The minimum absolute atomic E-state index is 0.00128. The fraction of sp³-hybridized carbons (Fsp3) is 0.188. The molecule has 0 spiro atoms. The maximum absolute atomic E-state index is 12.0. The summed E-state index contributed by atoms with van der Waals surface area (Å²) in [6.07, 6.45) is 0.345. The number of carbonyl (C=O) groups is 1. The molecule has 19 heavy (non-hydrogen) atoms. The molecule has 0 aromatic heterocycles. The second-order valence-electron chi connectivity index (χ2n) is 4.51. The number of halogens is 1. The fourth-order valence-electron chi connectivity index (χ4n) is 1.95. The summed E-state index contributed by atoms with van der Waals surface area (Å²) in [5, 5.41) is 3.64. The molecule has 0 unspecified atom stereocenters. The molecule has 0 radical (unpaired) electrons. The Morgan fingerprint density at radius 2 is 1.89 bits per heavy atom. The number of nitrogens with one attached hydrogen (secondary N) is 1. The van der Waals surface area contributed by atoms with Crippen molar-refractivity contribution in [3.05, 3.63) is 70.7 Å². The van der Waals surface area contributed by atoms with Crippen LogP contribution in [0.25, 0.3) is 0 Å². The largest absolute Gasteiger partial charge is 0.349 e. The summed E-state index contributed by atoms with van der Waals surface area (Å²) in [5.41, 5.74) is 2.02. The SMILES string of the molecule is C[C@H](NC(=O)Cc1cccc(Cl)c1)c1ccccc1. The van der Waals surface area contributed by atoms with Gasteiger partial charge < -0.3 is 5.32 Å². The van der Waals surface area contributed by atoms with E-state index in [1.807, 2.05) is 55.5 Å². The van der Waals surface area contributed by atoms with Gasteiger partial charge in [0.2, 0.25) is 5.91 Å². The van der Waals surface area contributed by atoms with E-state index >= 15 is 0 Å². The van der Waals surface area contributed by atoms with Gasteiger partial charge in [-0.2, -0.15) is 0 Å². The first-order valence-corrected chi connectivity index (χ1v) is 6.61. The average molecular weight is 274 g/mol. The molecule has 1 atom stereocenters. The van der Waals surface area contributed by atoms with Gasteiger partial charge in [-0.3, -0.25) is 4.79 Å². The van der Waals surface area contributed by atoms with Crippen molar-refractivity contribution in [2.45, 2.75) is 19.4 Å². The molecule has 0 aliphatic heterocycles. The third kappa shape index (κ3) is 4.11. The van der Waals surface area contributed by atoms with E-state index in [1.165, 1.54) is 0 Å². The highest BCUT2D eigenvalue weighted by Gasteiger charge is 2.09. The smallest absolute Gasteiger partial charge is 0.224 e. The molecule has 0 fully saturated rings. The number of hydrogen-bond acceptors (Lipinski definition) is 1. The summed E-state index contributed by atoms with van der Waals surface area (Å²) in [4.78, 5) is 12.0. The molecule has 2 rings (SSSR count). The lowest BCUT2D eigenvalue weighted by Crippen LogP contribution is -2.28. The van der Waals surface area contributed by atoms with Crippen molar-refractivity contribution < 1.29 is 4.79 Å². The zero-order valence-corrected chi connectivity index (χ0v) is 11.5. The minimum atomic E-state index is -0.00128. The number of hydrogen-bond donors (Lipinski definition) is 1. The number of amides is 1. The van der Waals surface area contributed by atoms with Gasteiger partial charge in [0.05, 0.1) is 12.5 Å². The molecule has 1 amide bonds. The molecule has 98 valence electrons. The first-order chi connectivity index (χ1) is 9.15. The van der Waals surface area contributed by atoms with Gasteiger partial charge in [-0.1, -0.05) is 54.1 Å². The Morgan fingerprint density at radius 3 is 2.58 bits per heavy atom. The predicted octanol–water partition coefficient (Wildman–Crippen LogP) is 3.76. The second kappa shape index (κ2) is 6.39. The molecule has 0 aliphatic rings. The first kappa shape index (κ1) is 13.6. The highest BCUT2D eigenvalue weighted by Crippen LogP contribution is 2.13. The van der Waals surface area contributed by atoms with Crippen LogP contribution in [-0.2, 0) is 11.2 Å². The number of rotatable bonds is 4. The van der Waals surface area contributed by atoms with Crippen LogP contribution < -0.4 is 5.32 Å². The maximum Gasteiger partial charge on any atom is 0.224 e. The van der Waals surface area contributed by atoms with Crippen molar-refractivity contribution in [3.63, 3.8) is 0 Å². The lowest BCUT2D eigenvalue weighted by Gasteiger charge is -2.14. The Hall–Kier alpha value is -1.80. The predicted molar refractivity (Wildman–Crippen MR) is 78.2 cm³/mol. The fourth-order valence-corrected chi connectivity index (χ4v) is 2.16. The highest BCUT2D eigenvalue weighted by atomic mass is 35.5. The van der Waals surface area contributed by atoms with Crippen molar-refractivity contribution in [1.29, 1.82) is 0 Å². The van der Waals surface area contributed by atoms with Crippen LogP contribution in [0.2, 0.25) is 5.02 Å². The Balaban J connectivity index is 1.95. The molecule has 1 N–H and O–H groups in total. The summed E-state index contributed by atoms with van der Waals surface area (Å²) in [7, 11) is 0. The lowest BCUT2D eigenvalue weighted by molar-refractivity contribution is -0.121. The standard InChI is InChI=1S/C16H16ClNO/c1-12(14-7-3-2-4-8-14)18-16(19)11-13-6-5-9-15(17)10-13/h2-10,12H,11H2,1H3,(H,18,19)/t12-/m0/s1. The van der Waals surface area contributed by atoms with Gasteiger partial charge in [0, 0.05) is 5.02 Å². The topological polar surface area (TPSA) is 29.1 Å². The van der Waals surface area contributed by atoms with Gasteiger partial charge in [-0.15, -0.1) is 0 Å². The number of carbonyl (C=O) groups excluding carboxylic acids is 1. The summed E-state index contributed by atoms with van der Waals surface area (Å²) in [5.74, 6) is -0.00128. The molecule has 2 aromatic carbocycles. The molecule has 0 aliphatic carbocycles. The minimum Gasteiger partial charge on any atom is -0.349 e. The second-order valence-corrected chi connectivity index (χ2v) is 4.94. The van der Waals surface area contributed by atoms with E-state index in [1.54, 1.807) is 6.07 Å². The number of benzene rings is 2. The quantitative estimate of drug-likeness (QED) is 0.903. The van der Waals surface area contributed by atoms with Crippen LogP contribution in [0.15, 0.2) is 54.6 Å². The van der Waals surface area contributed by atoms with Gasteiger partial charge in [0.15, 0.2) is 0 Å². The van der Waals surface area contributed by atoms with Crippen LogP contribution in [0.4, 0.5) is 0 Å². The Morgan fingerprint density at radius 1 is 1.16 bits per heavy atom. The van der Waals surface area contributed by atoms with Gasteiger partial charge >= 0.3 is 0 Å². The third-order valence-electron chi connectivity index (χ3n) is 2.93. The molecule has 3 heteroatoms. The van der Waals surface area contributed by atoms with Crippen LogP contribution in [0.1, 0.15) is 24.1 Å². The molecule has 2 nitrogen and oxygen atoms in total. The lowest BCUT2D eigenvalue weighted by atomic mass is 10.1. The van der Waals surface area contributed by atoms with Gasteiger partial charge in [-0.25, -0.2) is 0 Å². The van der Waals surface area contributed by atoms with Crippen molar-refractivity contribution in [3.8, 4) is 0 Å². The molecular formula is C16H16ClNO. The summed E-state index contributed by atoms with van der Waals surface area (Å²) < 4.78 is 0. The van der Waals surface area contributed by atoms with E-state index in [-0.39, 0.29) is 11.9 Å². The average Bonchev–Trinajstić information content (AvgIpc) is 2.39. The van der Waals surface area contributed by atoms with Crippen molar-refractivity contribution in [2.24, 2.45) is 0 Å². The Kier molecular flexibility index (Phi) is 4.58. The molecular weight excluding hydrogens is 258 g/mol. The monoisotopic (exact) mass is 273 g/mol. The molecule has 0 heterocycles. The molecule has 2 aromatic rings. The van der Waals surface area contributed by atoms with Crippen LogP contribution in [-0.4, -0.2) is 5.91 Å².